The molecule has 0 N–H and O–H groups in total. The number of allylic oxidation sites excluding steroid dienone is 1. The van der Waals surface area contributed by atoms with E-state index in [-0.39, 0.29) is 0 Å². The van der Waals surface area contributed by atoms with Gasteiger partial charge in [-0.2, -0.15) is 0 Å². The summed E-state index contributed by atoms with van der Waals surface area (Å²) >= 11 is 0. The molecule has 0 amide bonds. The van der Waals surface area contributed by atoms with E-state index in [1.807, 2.05) is 0 Å². The lowest BCUT2D eigenvalue weighted by atomic mass is 9.90. The SMILES string of the molecule is CCCCc1cc(N=C(CC)C(C)=Cc2cc(CCCC)c(C)c(-c3ccccc3)c2)cc(-c2ccccc2)c1. The van der Waals surface area contributed by atoms with Crippen LogP contribution < -0.4 is 0 Å². The maximum Gasteiger partial charge on any atom is 0.0641 e. The second-order valence-corrected chi connectivity index (χ2v) is 10.9. The summed E-state index contributed by atoms with van der Waals surface area (Å²) in [5.74, 6) is 0. The molecule has 0 unspecified atom stereocenters. The molecule has 0 aliphatic carbocycles. The molecule has 0 saturated heterocycles. The smallest absolute Gasteiger partial charge is 0.0641 e. The molecule has 0 radical (unpaired) electrons. The van der Waals surface area contributed by atoms with Crippen molar-refractivity contribution in [2.75, 3.05) is 0 Å². The van der Waals surface area contributed by atoms with Gasteiger partial charge in [-0.3, -0.25) is 4.99 Å². The molecule has 4 aromatic carbocycles. The van der Waals surface area contributed by atoms with Gasteiger partial charge < -0.3 is 0 Å². The predicted octanol–water partition coefficient (Wildman–Crippen LogP) is 11.6. The van der Waals surface area contributed by atoms with Crippen LogP contribution in [0.15, 0.2) is 102 Å². The summed E-state index contributed by atoms with van der Waals surface area (Å²) in [6.45, 7) is 11.2. The third-order valence-corrected chi connectivity index (χ3v) is 7.76. The van der Waals surface area contributed by atoms with Crippen LogP contribution in [0.25, 0.3) is 28.3 Å². The van der Waals surface area contributed by atoms with Crippen molar-refractivity contribution in [3.8, 4) is 22.3 Å². The van der Waals surface area contributed by atoms with E-state index in [0.29, 0.717) is 0 Å². The minimum atomic E-state index is 0.891. The van der Waals surface area contributed by atoms with Crippen molar-refractivity contribution in [3.63, 3.8) is 0 Å². The second kappa shape index (κ2) is 14.6. The molecule has 1 heteroatoms. The average molecular weight is 528 g/mol. The summed E-state index contributed by atoms with van der Waals surface area (Å²) in [6, 6.07) is 33.1. The topological polar surface area (TPSA) is 12.4 Å². The van der Waals surface area contributed by atoms with Crippen LogP contribution in [-0.4, -0.2) is 5.71 Å². The van der Waals surface area contributed by atoms with Gasteiger partial charge in [0.2, 0.25) is 0 Å². The van der Waals surface area contributed by atoms with Crippen LogP contribution in [-0.2, 0) is 12.8 Å². The molecular formula is C39H45N. The summed E-state index contributed by atoms with van der Waals surface area (Å²) in [5, 5.41) is 0. The van der Waals surface area contributed by atoms with E-state index in [0.717, 1.165) is 30.7 Å². The number of hydrogen-bond acceptors (Lipinski definition) is 1. The van der Waals surface area contributed by atoms with E-state index in [1.165, 1.54) is 75.8 Å². The minimum Gasteiger partial charge on any atom is -0.253 e. The highest BCUT2D eigenvalue weighted by molar-refractivity contribution is 6.04. The zero-order valence-corrected chi connectivity index (χ0v) is 25.1. The van der Waals surface area contributed by atoms with Gasteiger partial charge in [0, 0.05) is 5.71 Å². The third kappa shape index (κ3) is 7.69. The van der Waals surface area contributed by atoms with Gasteiger partial charge in [0.1, 0.15) is 0 Å². The Hall–Kier alpha value is -3.71. The lowest BCUT2D eigenvalue weighted by molar-refractivity contribution is 0.791. The van der Waals surface area contributed by atoms with Crippen LogP contribution in [0.1, 0.15) is 82.1 Å². The van der Waals surface area contributed by atoms with Crippen molar-refractivity contribution in [1.29, 1.82) is 0 Å². The van der Waals surface area contributed by atoms with Crippen molar-refractivity contribution >= 4 is 17.5 Å². The van der Waals surface area contributed by atoms with Crippen LogP contribution in [0, 0.1) is 6.92 Å². The van der Waals surface area contributed by atoms with E-state index < -0.39 is 0 Å². The minimum absolute atomic E-state index is 0.891. The molecule has 0 aliphatic heterocycles. The maximum atomic E-state index is 5.25. The first-order chi connectivity index (χ1) is 19.5. The summed E-state index contributed by atoms with van der Waals surface area (Å²) in [4.78, 5) is 5.25. The summed E-state index contributed by atoms with van der Waals surface area (Å²) in [5.41, 5.74) is 14.0. The molecule has 0 aromatic heterocycles. The molecule has 4 aromatic rings. The van der Waals surface area contributed by atoms with Crippen LogP contribution in [0.4, 0.5) is 5.69 Å². The zero-order chi connectivity index (χ0) is 28.3. The summed E-state index contributed by atoms with van der Waals surface area (Å²) in [7, 11) is 0. The Balaban J connectivity index is 1.75. The quantitative estimate of drug-likeness (QED) is 0.162. The number of aliphatic imine (C=N–C) groups is 1. The summed E-state index contributed by atoms with van der Waals surface area (Å²) in [6.07, 6.45) is 10.2. The average Bonchev–Trinajstić information content (AvgIpc) is 2.99. The Morgan fingerprint density at radius 2 is 1.35 bits per heavy atom. The second-order valence-electron chi connectivity index (χ2n) is 10.9. The predicted molar refractivity (Wildman–Crippen MR) is 177 cm³/mol. The van der Waals surface area contributed by atoms with Crippen LogP contribution in [0.2, 0.25) is 0 Å². The largest absolute Gasteiger partial charge is 0.253 e. The Bertz CT molecular complexity index is 1440. The fourth-order valence-electron chi connectivity index (χ4n) is 5.42. The van der Waals surface area contributed by atoms with Crippen molar-refractivity contribution in [2.45, 2.75) is 79.6 Å². The Kier molecular flexibility index (Phi) is 10.7. The highest BCUT2D eigenvalue weighted by atomic mass is 14.7. The van der Waals surface area contributed by atoms with Crippen LogP contribution in [0.3, 0.4) is 0 Å². The molecule has 206 valence electrons. The number of aryl methyl sites for hydroxylation is 2. The van der Waals surface area contributed by atoms with E-state index >= 15 is 0 Å². The van der Waals surface area contributed by atoms with Gasteiger partial charge >= 0.3 is 0 Å². The fourth-order valence-corrected chi connectivity index (χ4v) is 5.42. The molecule has 0 heterocycles. The first kappa shape index (κ1) is 29.3. The first-order valence-corrected chi connectivity index (χ1v) is 15.2. The summed E-state index contributed by atoms with van der Waals surface area (Å²) < 4.78 is 0. The van der Waals surface area contributed by atoms with Gasteiger partial charge in [-0.25, -0.2) is 0 Å². The lowest BCUT2D eigenvalue weighted by Crippen LogP contribution is -1.99. The van der Waals surface area contributed by atoms with Gasteiger partial charge in [-0.1, -0.05) is 112 Å². The third-order valence-electron chi connectivity index (χ3n) is 7.76. The van der Waals surface area contributed by atoms with Gasteiger partial charge in [-0.15, -0.1) is 0 Å². The Labute approximate surface area is 242 Å². The molecule has 4 rings (SSSR count). The maximum absolute atomic E-state index is 5.25. The Morgan fingerprint density at radius 1 is 0.700 bits per heavy atom. The fraction of sp³-hybridized carbons (Fsp3) is 0.308. The molecule has 0 bridgehead atoms. The van der Waals surface area contributed by atoms with E-state index in [2.05, 4.69) is 132 Å². The molecule has 40 heavy (non-hydrogen) atoms. The molecule has 0 atom stereocenters. The molecule has 1 nitrogen and oxygen atoms in total. The number of hydrogen-bond donors (Lipinski definition) is 0. The molecule has 0 fully saturated rings. The molecular weight excluding hydrogens is 482 g/mol. The van der Waals surface area contributed by atoms with Crippen LogP contribution in [0.5, 0.6) is 0 Å². The number of rotatable bonds is 12. The van der Waals surface area contributed by atoms with Crippen molar-refractivity contribution in [3.05, 3.63) is 119 Å². The van der Waals surface area contributed by atoms with Gasteiger partial charge in [0.05, 0.1) is 5.69 Å². The normalized spacial score (nSPS) is 12.1. The number of nitrogens with zero attached hydrogens (tertiary/aromatic N) is 1. The van der Waals surface area contributed by atoms with Crippen molar-refractivity contribution in [2.24, 2.45) is 4.99 Å². The van der Waals surface area contributed by atoms with Gasteiger partial charge in [-0.05, 0) is 114 Å². The Morgan fingerprint density at radius 3 is 2.00 bits per heavy atom. The first-order valence-electron chi connectivity index (χ1n) is 15.2. The van der Waals surface area contributed by atoms with E-state index in [1.54, 1.807) is 0 Å². The van der Waals surface area contributed by atoms with Gasteiger partial charge in [0.15, 0.2) is 0 Å². The van der Waals surface area contributed by atoms with Crippen molar-refractivity contribution in [1.82, 2.24) is 0 Å². The standard InChI is InChI=1S/C39H45N/c1-6-9-17-31-24-36(33-19-13-11-14-20-33)28-37(26-31)40-39(8-3)29(4)23-32-25-35(18-10-7-2)30(5)38(27-32)34-21-15-12-16-22-34/h11-16,19-28H,6-10,17-18H2,1-5H3. The molecule has 0 spiro atoms. The monoisotopic (exact) mass is 527 g/mol. The van der Waals surface area contributed by atoms with E-state index in [9.17, 15) is 0 Å². The lowest BCUT2D eigenvalue weighted by Gasteiger charge is -2.15. The molecule has 0 saturated carbocycles. The van der Waals surface area contributed by atoms with Gasteiger partial charge in [0.25, 0.3) is 0 Å². The van der Waals surface area contributed by atoms with Crippen LogP contribution >= 0.6 is 0 Å². The zero-order valence-electron chi connectivity index (χ0n) is 25.1. The molecule has 0 aliphatic rings. The highest BCUT2D eigenvalue weighted by Gasteiger charge is 2.10. The number of benzene rings is 4. The highest BCUT2D eigenvalue weighted by Crippen LogP contribution is 2.31. The number of unbranched alkanes of at least 4 members (excludes halogenated alkanes) is 2. The van der Waals surface area contributed by atoms with Crippen molar-refractivity contribution < 1.29 is 0 Å². The van der Waals surface area contributed by atoms with E-state index in [4.69, 9.17) is 4.99 Å².